The van der Waals surface area contributed by atoms with E-state index < -0.39 is 0 Å². The lowest BCUT2D eigenvalue weighted by atomic mass is 10.0. The van der Waals surface area contributed by atoms with Gasteiger partial charge in [-0.05, 0) is 24.6 Å². The highest BCUT2D eigenvalue weighted by Crippen LogP contribution is 2.30. The molecule has 2 rings (SSSR count). The first kappa shape index (κ1) is 12.0. The Labute approximate surface area is 105 Å². The van der Waals surface area contributed by atoms with Gasteiger partial charge in [0.2, 0.25) is 0 Å². The molecule has 0 aliphatic carbocycles. The van der Waals surface area contributed by atoms with Crippen molar-refractivity contribution in [3.05, 3.63) is 46.7 Å². The zero-order valence-electron chi connectivity index (χ0n) is 9.48. The maximum atomic E-state index is 11.4. The summed E-state index contributed by atoms with van der Waals surface area (Å²) in [7, 11) is 0. The molecular weight excluding hydrogens is 240 g/mol. The Hall–Kier alpha value is -1.48. The lowest BCUT2D eigenvalue weighted by Gasteiger charge is -2.23. The molecule has 3 nitrogen and oxygen atoms in total. The van der Waals surface area contributed by atoms with E-state index >= 15 is 0 Å². The van der Waals surface area contributed by atoms with Gasteiger partial charge in [0.1, 0.15) is 11.9 Å². The summed E-state index contributed by atoms with van der Waals surface area (Å²) >= 11 is 5.91. The Morgan fingerprint density at radius 3 is 3.06 bits per heavy atom. The highest BCUT2D eigenvalue weighted by molar-refractivity contribution is 6.30. The Bertz CT molecular complexity index is 454. The predicted molar refractivity (Wildman–Crippen MR) is 64.6 cm³/mol. The van der Waals surface area contributed by atoms with Gasteiger partial charge in [-0.15, -0.1) is 0 Å². The average Bonchev–Trinajstić information content (AvgIpc) is 2.28. The summed E-state index contributed by atoms with van der Waals surface area (Å²) in [6.07, 6.45) is 1.64. The molecule has 0 aromatic heterocycles. The highest BCUT2D eigenvalue weighted by atomic mass is 35.5. The second-order valence-corrected chi connectivity index (χ2v) is 4.16. The molecule has 1 aromatic carbocycles. The van der Waals surface area contributed by atoms with Gasteiger partial charge < -0.3 is 9.47 Å². The van der Waals surface area contributed by atoms with Gasteiger partial charge in [0.25, 0.3) is 0 Å². The Kier molecular flexibility index (Phi) is 3.69. The van der Waals surface area contributed by atoms with Crippen LogP contribution in [0.4, 0.5) is 0 Å². The molecule has 1 aliphatic rings. The number of ether oxygens (including phenoxy) is 2. The molecule has 0 spiro atoms. The van der Waals surface area contributed by atoms with Crippen LogP contribution in [-0.2, 0) is 14.3 Å². The Balaban J connectivity index is 2.18. The van der Waals surface area contributed by atoms with E-state index in [2.05, 4.69) is 0 Å². The summed E-state index contributed by atoms with van der Waals surface area (Å²) in [6.45, 7) is 2.43. The van der Waals surface area contributed by atoms with Gasteiger partial charge in [-0.2, -0.15) is 0 Å². The fourth-order valence-corrected chi connectivity index (χ4v) is 1.97. The predicted octanol–water partition coefficient (Wildman–Crippen LogP) is 3.25. The van der Waals surface area contributed by atoms with Crippen LogP contribution in [0.3, 0.4) is 0 Å². The third kappa shape index (κ3) is 3.01. The van der Waals surface area contributed by atoms with E-state index in [0.717, 1.165) is 5.56 Å². The van der Waals surface area contributed by atoms with Crippen LogP contribution < -0.4 is 0 Å². The van der Waals surface area contributed by atoms with Crippen molar-refractivity contribution in [2.45, 2.75) is 19.4 Å². The quantitative estimate of drug-likeness (QED) is 0.775. The summed E-state index contributed by atoms with van der Waals surface area (Å²) in [4.78, 5) is 11.4. The van der Waals surface area contributed by atoms with Gasteiger partial charge >= 0.3 is 5.97 Å². The van der Waals surface area contributed by atoms with Gasteiger partial charge in [0.05, 0.1) is 12.7 Å². The van der Waals surface area contributed by atoms with Crippen molar-refractivity contribution < 1.29 is 14.3 Å². The number of carbonyl (C=O) groups is 1. The SMILES string of the molecule is CCOC1=CC(=O)OC(c2cccc(Cl)c2)C1. The third-order valence-electron chi connectivity index (χ3n) is 2.47. The van der Waals surface area contributed by atoms with Crippen molar-refractivity contribution in [2.24, 2.45) is 0 Å². The van der Waals surface area contributed by atoms with Crippen LogP contribution >= 0.6 is 11.6 Å². The van der Waals surface area contributed by atoms with Crippen LogP contribution in [0.5, 0.6) is 0 Å². The number of cyclic esters (lactones) is 1. The highest BCUT2D eigenvalue weighted by Gasteiger charge is 2.24. The summed E-state index contributed by atoms with van der Waals surface area (Å²) in [5, 5.41) is 0.631. The van der Waals surface area contributed by atoms with Gasteiger partial charge in [0.15, 0.2) is 0 Å². The number of hydrogen-bond donors (Lipinski definition) is 0. The first-order valence-corrected chi connectivity index (χ1v) is 5.86. The number of rotatable bonds is 3. The molecule has 0 bridgehead atoms. The second kappa shape index (κ2) is 5.23. The molecule has 0 amide bonds. The Morgan fingerprint density at radius 2 is 2.35 bits per heavy atom. The third-order valence-corrected chi connectivity index (χ3v) is 2.71. The minimum atomic E-state index is -0.371. The largest absolute Gasteiger partial charge is 0.498 e. The van der Waals surface area contributed by atoms with E-state index in [1.807, 2.05) is 19.1 Å². The number of halogens is 1. The van der Waals surface area contributed by atoms with Crippen molar-refractivity contribution in [3.8, 4) is 0 Å². The first-order valence-electron chi connectivity index (χ1n) is 5.48. The minimum Gasteiger partial charge on any atom is -0.498 e. The molecule has 17 heavy (non-hydrogen) atoms. The van der Waals surface area contributed by atoms with Gasteiger partial charge in [-0.1, -0.05) is 23.7 Å². The van der Waals surface area contributed by atoms with Crippen LogP contribution in [-0.4, -0.2) is 12.6 Å². The summed E-state index contributed by atoms with van der Waals surface area (Å²) in [5.41, 5.74) is 0.885. The van der Waals surface area contributed by atoms with E-state index in [1.54, 1.807) is 12.1 Å². The number of benzene rings is 1. The monoisotopic (exact) mass is 252 g/mol. The first-order chi connectivity index (χ1) is 8.19. The van der Waals surface area contributed by atoms with Crippen LogP contribution in [0.15, 0.2) is 36.1 Å². The molecule has 1 unspecified atom stereocenters. The normalized spacial score (nSPS) is 19.5. The van der Waals surface area contributed by atoms with E-state index in [-0.39, 0.29) is 12.1 Å². The summed E-state index contributed by atoms with van der Waals surface area (Å²) in [6, 6.07) is 7.31. The molecule has 0 radical (unpaired) electrons. The number of carbonyl (C=O) groups excluding carboxylic acids is 1. The number of esters is 1. The zero-order valence-corrected chi connectivity index (χ0v) is 10.2. The van der Waals surface area contributed by atoms with Crippen molar-refractivity contribution in [1.29, 1.82) is 0 Å². The molecule has 1 aliphatic heterocycles. The molecule has 90 valence electrons. The Morgan fingerprint density at radius 1 is 1.53 bits per heavy atom. The number of hydrogen-bond acceptors (Lipinski definition) is 3. The molecule has 1 heterocycles. The lowest BCUT2D eigenvalue weighted by molar-refractivity contribution is -0.145. The van der Waals surface area contributed by atoms with E-state index in [1.165, 1.54) is 6.08 Å². The van der Waals surface area contributed by atoms with Gasteiger partial charge in [-0.25, -0.2) is 4.79 Å². The average molecular weight is 253 g/mol. The van der Waals surface area contributed by atoms with Crippen LogP contribution in [0, 0.1) is 0 Å². The summed E-state index contributed by atoms with van der Waals surface area (Å²) < 4.78 is 10.6. The van der Waals surface area contributed by atoms with Gasteiger partial charge in [0, 0.05) is 11.4 Å². The maximum absolute atomic E-state index is 11.4. The van der Waals surface area contributed by atoms with Crippen molar-refractivity contribution in [1.82, 2.24) is 0 Å². The molecule has 1 aromatic rings. The van der Waals surface area contributed by atoms with E-state index in [4.69, 9.17) is 21.1 Å². The van der Waals surface area contributed by atoms with E-state index in [0.29, 0.717) is 23.8 Å². The standard InChI is InChI=1S/C13H13ClO3/c1-2-16-11-7-12(17-13(15)8-11)9-4-3-5-10(14)6-9/h3-6,8,12H,2,7H2,1H3. The molecule has 0 fully saturated rings. The molecular formula is C13H13ClO3. The molecule has 0 saturated heterocycles. The van der Waals surface area contributed by atoms with Gasteiger partial charge in [-0.3, -0.25) is 0 Å². The van der Waals surface area contributed by atoms with Crippen LogP contribution in [0.25, 0.3) is 0 Å². The topological polar surface area (TPSA) is 35.5 Å². The maximum Gasteiger partial charge on any atom is 0.334 e. The fraction of sp³-hybridized carbons (Fsp3) is 0.308. The summed E-state index contributed by atoms with van der Waals surface area (Å²) in [5.74, 6) is 0.290. The van der Waals surface area contributed by atoms with Crippen molar-refractivity contribution in [3.63, 3.8) is 0 Å². The lowest BCUT2D eigenvalue weighted by Crippen LogP contribution is -2.17. The molecule has 1 atom stereocenters. The van der Waals surface area contributed by atoms with Crippen molar-refractivity contribution >= 4 is 17.6 Å². The van der Waals surface area contributed by atoms with Crippen molar-refractivity contribution in [2.75, 3.05) is 6.61 Å². The fourth-order valence-electron chi connectivity index (χ4n) is 1.77. The minimum absolute atomic E-state index is 0.312. The van der Waals surface area contributed by atoms with Crippen LogP contribution in [0.2, 0.25) is 5.02 Å². The van der Waals surface area contributed by atoms with E-state index in [9.17, 15) is 4.79 Å². The smallest absolute Gasteiger partial charge is 0.334 e. The molecule has 0 N–H and O–H groups in total. The second-order valence-electron chi connectivity index (χ2n) is 3.73. The molecule has 0 saturated carbocycles. The molecule has 4 heteroatoms. The zero-order chi connectivity index (χ0) is 12.3. The van der Waals surface area contributed by atoms with Crippen LogP contribution in [0.1, 0.15) is 25.0 Å².